The van der Waals surface area contributed by atoms with Gasteiger partial charge < -0.3 is 0 Å². The Morgan fingerprint density at radius 2 is 2.00 bits per heavy atom. The molecule has 0 bridgehead atoms. The van der Waals surface area contributed by atoms with Crippen LogP contribution in [0.25, 0.3) is 5.57 Å². The molecule has 60 valence electrons. The average molecular weight is 158 g/mol. The second-order valence-electron chi connectivity index (χ2n) is 2.99. The molecule has 0 atom stereocenters. The Labute approximate surface area is 71.7 Å². The minimum Gasteiger partial charge on any atom is -0.299 e. The maximum Gasteiger partial charge on any atom is 0.143 e. The van der Waals surface area contributed by atoms with Gasteiger partial charge in [-0.1, -0.05) is 24.3 Å². The summed E-state index contributed by atoms with van der Waals surface area (Å²) >= 11 is 0. The molecule has 0 unspecified atom stereocenters. The predicted octanol–water partition coefficient (Wildman–Crippen LogP) is 2.22. The van der Waals surface area contributed by atoms with Crippen molar-refractivity contribution in [3.8, 4) is 0 Å². The normalized spacial score (nSPS) is 17.8. The molecule has 0 aromatic heterocycles. The summed E-state index contributed by atoms with van der Waals surface area (Å²) in [5.41, 5.74) is 3.80. The van der Waals surface area contributed by atoms with Gasteiger partial charge in [0.25, 0.3) is 0 Å². The molecular weight excluding hydrogens is 148 g/mol. The number of carbonyl (C=O) groups excluding carboxylic acids is 1. The van der Waals surface area contributed by atoms with E-state index < -0.39 is 0 Å². The third-order valence-electron chi connectivity index (χ3n) is 2.30. The number of hydrogen-bond donors (Lipinski definition) is 0. The lowest BCUT2D eigenvalue weighted by Crippen LogP contribution is -1.78. The number of benzene rings is 1. The summed E-state index contributed by atoms with van der Waals surface area (Å²) in [5.74, 6) is 0. The molecule has 1 aromatic rings. The first-order valence-electron chi connectivity index (χ1n) is 4.14. The molecule has 0 saturated heterocycles. The van der Waals surface area contributed by atoms with E-state index >= 15 is 0 Å². The first-order chi connectivity index (χ1) is 5.92. The number of allylic oxidation sites excluding steroid dienone is 2. The minimum absolute atomic E-state index is 0.872. The van der Waals surface area contributed by atoms with Crippen molar-refractivity contribution >= 4 is 11.9 Å². The molecule has 12 heavy (non-hydrogen) atoms. The number of carbonyl (C=O) groups is 1. The van der Waals surface area contributed by atoms with Crippen molar-refractivity contribution in [1.29, 1.82) is 0 Å². The van der Waals surface area contributed by atoms with Gasteiger partial charge in [0.2, 0.25) is 0 Å². The number of aldehydes is 1. The van der Waals surface area contributed by atoms with Crippen molar-refractivity contribution in [2.75, 3.05) is 0 Å². The van der Waals surface area contributed by atoms with E-state index in [2.05, 4.69) is 12.1 Å². The van der Waals surface area contributed by atoms with E-state index in [9.17, 15) is 4.79 Å². The monoisotopic (exact) mass is 158 g/mol. The molecule has 0 fully saturated rings. The van der Waals surface area contributed by atoms with Gasteiger partial charge in [0.1, 0.15) is 6.29 Å². The first kappa shape index (κ1) is 7.29. The van der Waals surface area contributed by atoms with Crippen LogP contribution in [0, 0.1) is 0 Å². The molecule has 0 N–H and O–H groups in total. The van der Waals surface area contributed by atoms with Crippen LogP contribution in [0.4, 0.5) is 0 Å². The molecule has 0 radical (unpaired) electrons. The fourth-order valence-corrected chi connectivity index (χ4v) is 1.71. The highest BCUT2D eigenvalue weighted by Gasteiger charge is 2.13. The molecule has 1 aliphatic carbocycles. The van der Waals surface area contributed by atoms with Gasteiger partial charge in [-0.2, -0.15) is 0 Å². The topological polar surface area (TPSA) is 17.1 Å². The van der Waals surface area contributed by atoms with Gasteiger partial charge in [-0.3, -0.25) is 4.79 Å². The van der Waals surface area contributed by atoms with Gasteiger partial charge in [-0.05, 0) is 35.6 Å². The lowest BCUT2D eigenvalue weighted by Gasteiger charge is -1.96. The highest BCUT2D eigenvalue weighted by atomic mass is 16.1. The van der Waals surface area contributed by atoms with Crippen molar-refractivity contribution in [3.05, 3.63) is 41.5 Å². The number of hydrogen-bond acceptors (Lipinski definition) is 1. The van der Waals surface area contributed by atoms with Gasteiger partial charge >= 0.3 is 0 Å². The molecule has 0 heterocycles. The Morgan fingerprint density at radius 3 is 2.83 bits per heavy atom. The third kappa shape index (κ3) is 1.07. The number of rotatable bonds is 1. The van der Waals surface area contributed by atoms with Gasteiger partial charge in [-0.25, -0.2) is 0 Å². The summed E-state index contributed by atoms with van der Waals surface area (Å²) in [7, 11) is 0. The Morgan fingerprint density at radius 1 is 1.17 bits per heavy atom. The van der Waals surface area contributed by atoms with Crippen molar-refractivity contribution < 1.29 is 4.79 Å². The van der Waals surface area contributed by atoms with Crippen LogP contribution < -0.4 is 0 Å². The van der Waals surface area contributed by atoms with Gasteiger partial charge in [-0.15, -0.1) is 0 Å². The molecule has 0 spiro atoms. The van der Waals surface area contributed by atoms with E-state index in [4.69, 9.17) is 0 Å². The van der Waals surface area contributed by atoms with Crippen LogP contribution in [0.5, 0.6) is 0 Å². The molecule has 0 amide bonds. The molecule has 1 nitrogen and oxygen atoms in total. The van der Waals surface area contributed by atoms with Crippen molar-refractivity contribution in [2.24, 2.45) is 0 Å². The lowest BCUT2D eigenvalue weighted by atomic mass is 10.1. The smallest absolute Gasteiger partial charge is 0.143 e. The molecule has 1 aliphatic rings. The van der Waals surface area contributed by atoms with Crippen molar-refractivity contribution in [1.82, 2.24) is 0 Å². The second-order valence-corrected chi connectivity index (χ2v) is 2.99. The van der Waals surface area contributed by atoms with E-state index in [1.54, 1.807) is 6.08 Å². The van der Waals surface area contributed by atoms with Crippen LogP contribution in [0.2, 0.25) is 0 Å². The second kappa shape index (κ2) is 2.94. The molecule has 0 saturated carbocycles. The zero-order chi connectivity index (χ0) is 8.39. The molecule has 1 heteroatoms. The van der Waals surface area contributed by atoms with E-state index in [0.717, 1.165) is 19.1 Å². The Bertz CT molecular complexity index is 337. The maximum absolute atomic E-state index is 10.3. The summed E-state index contributed by atoms with van der Waals surface area (Å²) < 4.78 is 0. The van der Waals surface area contributed by atoms with Crippen LogP contribution >= 0.6 is 0 Å². The van der Waals surface area contributed by atoms with E-state index in [-0.39, 0.29) is 0 Å². The SMILES string of the molecule is O=C/C=C1\CCc2ccccc21. The van der Waals surface area contributed by atoms with Crippen LogP contribution in [-0.4, -0.2) is 6.29 Å². The van der Waals surface area contributed by atoms with Gasteiger partial charge in [0.05, 0.1) is 0 Å². The predicted molar refractivity (Wildman–Crippen MR) is 48.8 cm³/mol. The number of fused-ring (bicyclic) bond motifs is 1. The van der Waals surface area contributed by atoms with Crippen molar-refractivity contribution in [3.63, 3.8) is 0 Å². The summed E-state index contributed by atoms with van der Waals surface area (Å²) in [6, 6.07) is 8.27. The fourth-order valence-electron chi connectivity index (χ4n) is 1.71. The lowest BCUT2D eigenvalue weighted by molar-refractivity contribution is -0.104. The molecular formula is C11H10O. The maximum atomic E-state index is 10.3. The van der Waals surface area contributed by atoms with E-state index in [0.29, 0.717) is 0 Å². The van der Waals surface area contributed by atoms with Crippen LogP contribution in [0.15, 0.2) is 30.3 Å². The first-order valence-corrected chi connectivity index (χ1v) is 4.14. The molecule has 0 aliphatic heterocycles. The minimum atomic E-state index is 0.872. The fraction of sp³-hybridized carbons (Fsp3) is 0.182. The van der Waals surface area contributed by atoms with E-state index in [1.807, 2.05) is 12.1 Å². The van der Waals surface area contributed by atoms with Crippen LogP contribution in [-0.2, 0) is 11.2 Å². The summed E-state index contributed by atoms with van der Waals surface area (Å²) in [5, 5.41) is 0. The standard InChI is InChI=1S/C11H10O/c12-8-7-10-6-5-9-3-1-2-4-11(9)10/h1-4,7-8H,5-6H2/b10-7+. The van der Waals surface area contributed by atoms with Crippen molar-refractivity contribution in [2.45, 2.75) is 12.8 Å². The van der Waals surface area contributed by atoms with E-state index in [1.165, 1.54) is 16.7 Å². The Hall–Kier alpha value is -1.37. The number of aryl methyl sites for hydroxylation is 1. The average Bonchev–Trinajstić information content (AvgIpc) is 2.50. The zero-order valence-corrected chi connectivity index (χ0v) is 6.79. The van der Waals surface area contributed by atoms with Crippen LogP contribution in [0.3, 0.4) is 0 Å². The highest BCUT2D eigenvalue weighted by molar-refractivity contribution is 5.84. The largest absolute Gasteiger partial charge is 0.299 e. The van der Waals surface area contributed by atoms with Gasteiger partial charge in [0.15, 0.2) is 0 Å². The quantitative estimate of drug-likeness (QED) is 0.452. The summed E-state index contributed by atoms with van der Waals surface area (Å²) in [4.78, 5) is 10.3. The molecule has 1 aromatic carbocycles. The third-order valence-corrected chi connectivity index (χ3v) is 2.30. The Kier molecular flexibility index (Phi) is 1.78. The summed E-state index contributed by atoms with van der Waals surface area (Å²) in [6.07, 6.45) is 4.64. The summed E-state index contributed by atoms with van der Waals surface area (Å²) in [6.45, 7) is 0. The van der Waals surface area contributed by atoms with Gasteiger partial charge in [0, 0.05) is 0 Å². The Balaban J connectivity index is 2.49. The molecule has 2 rings (SSSR count). The van der Waals surface area contributed by atoms with Crippen LogP contribution in [0.1, 0.15) is 17.5 Å². The highest BCUT2D eigenvalue weighted by Crippen LogP contribution is 2.30. The zero-order valence-electron chi connectivity index (χ0n) is 6.79.